The average Bonchev–Trinajstić information content (AvgIpc) is 2.69. The van der Waals surface area contributed by atoms with Crippen LogP contribution in [0.25, 0.3) is 0 Å². The van der Waals surface area contributed by atoms with Crippen LogP contribution in [0.5, 0.6) is 0 Å². The first kappa shape index (κ1) is 9.81. The summed E-state index contributed by atoms with van der Waals surface area (Å²) >= 11 is 6.03. The van der Waals surface area contributed by atoms with Crippen LogP contribution in [-0.2, 0) is 0 Å². The molecule has 2 N–H and O–H groups in total. The lowest BCUT2D eigenvalue weighted by atomic mass is 10.2. The van der Waals surface area contributed by atoms with E-state index in [1.54, 1.807) is 0 Å². The van der Waals surface area contributed by atoms with Crippen LogP contribution in [0.3, 0.4) is 0 Å². The Morgan fingerprint density at radius 3 is 3.00 bits per heavy atom. The van der Waals surface area contributed by atoms with Crippen molar-refractivity contribution >= 4 is 17.3 Å². The van der Waals surface area contributed by atoms with E-state index >= 15 is 0 Å². The maximum absolute atomic E-state index is 6.03. The molecule has 0 spiro atoms. The summed E-state index contributed by atoms with van der Waals surface area (Å²) in [7, 11) is 0. The zero-order chi connectivity index (χ0) is 9.80. The van der Waals surface area contributed by atoms with Crippen molar-refractivity contribution in [3.05, 3.63) is 29.3 Å². The molecule has 1 aliphatic rings. The molecule has 1 atom stereocenters. The van der Waals surface area contributed by atoms with Gasteiger partial charge in [0, 0.05) is 12.6 Å². The van der Waals surface area contributed by atoms with Gasteiger partial charge < -0.3 is 10.6 Å². The third-order valence-corrected chi connectivity index (χ3v) is 2.90. The zero-order valence-electron chi connectivity index (χ0n) is 8.09. The maximum atomic E-state index is 6.03. The molecule has 1 aromatic rings. The molecule has 0 unspecified atom stereocenters. The molecule has 0 amide bonds. The van der Waals surface area contributed by atoms with Gasteiger partial charge in [0.2, 0.25) is 0 Å². The standard InChI is InChI=1S/C11H15ClN2/c12-10-5-1-2-6-11(10)14-8-9-4-3-7-13-9/h1-2,5-6,9,13-14H,3-4,7-8H2/t9-/m1/s1. The molecule has 0 aromatic heterocycles. The predicted octanol–water partition coefficient (Wildman–Crippen LogP) is 2.50. The summed E-state index contributed by atoms with van der Waals surface area (Å²) in [5.74, 6) is 0. The highest BCUT2D eigenvalue weighted by molar-refractivity contribution is 6.33. The number of benzene rings is 1. The Bertz CT molecular complexity index is 295. The topological polar surface area (TPSA) is 24.1 Å². The number of hydrogen-bond acceptors (Lipinski definition) is 2. The monoisotopic (exact) mass is 210 g/mol. The van der Waals surface area contributed by atoms with E-state index in [0.717, 1.165) is 23.8 Å². The Balaban J connectivity index is 1.88. The molecule has 1 fully saturated rings. The van der Waals surface area contributed by atoms with Crippen LogP contribution in [-0.4, -0.2) is 19.1 Å². The van der Waals surface area contributed by atoms with Gasteiger partial charge in [0.25, 0.3) is 0 Å². The van der Waals surface area contributed by atoms with Crippen LogP contribution >= 0.6 is 11.6 Å². The number of anilines is 1. The van der Waals surface area contributed by atoms with Gasteiger partial charge in [0.1, 0.15) is 0 Å². The van der Waals surface area contributed by atoms with Crippen LogP contribution in [0.1, 0.15) is 12.8 Å². The Morgan fingerprint density at radius 2 is 2.29 bits per heavy atom. The maximum Gasteiger partial charge on any atom is 0.0637 e. The minimum atomic E-state index is 0.603. The quantitative estimate of drug-likeness (QED) is 0.801. The van der Waals surface area contributed by atoms with Crippen molar-refractivity contribution in [2.75, 3.05) is 18.4 Å². The Morgan fingerprint density at radius 1 is 1.43 bits per heavy atom. The molecular formula is C11H15ClN2. The first-order valence-electron chi connectivity index (χ1n) is 5.08. The van der Waals surface area contributed by atoms with Gasteiger partial charge >= 0.3 is 0 Å². The third-order valence-electron chi connectivity index (χ3n) is 2.58. The SMILES string of the molecule is Clc1ccccc1NC[C@H]1CCCN1. The van der Waals surface area contributed by atoms with E-state index in [1.165, 1.54) is 12.8 Å². The summed E-state index contributed by atoms with van der Waals surface area (Å²) in [5, 5.41) is 7.60. The van der Waals surface area contributed by atoms with Gasteiger partial charge in [0.15, 0.2) is 0 Å². The van der Waals surface area contributed by atoms with Gasteiger partial charge in [-0.2, -0.15) is 0 Å². The van der Waals surface area contributed by atoms with Crippen LogP contribution in [0, 0.1) is 0 Å². The lowest BCUT2D eigenvalue weighted by molar-refractivity contribution is 0.633. The fourth-order valence-electron chi connectivity index (χ4n) is 1.77. The van der Waals surface area contributed by atoms with Gasteiger partial charge in [-0.15, -0.1) is 0 Å². The van der Waals surface area contributed by atoms with Crippen LogP contribution in [0.15, 0.2) is 24.3 Å². The van der Waals surface area contributed by atoms with E-state index in [4.69, 9.17) is 11.6 Å². The number of halogens is 1. The van der Waals surface area contributed by atoms with Crippen LogP contribution in [0.4, 0.5) is 5.69 Å². The lowest BCUT2D eigenvalue weighted by Gasteiger charge is -2.13. The summed E-state index contributed by atoms with van der Waals surface area (Å²) in [5.41, 5.74) is 1.03. The predicted molar refractivity (Wildman–Crippen MR) is 61.0 cm³/mol. The normalized spacial score (nSPS) is 21.1. The second kappa shape index (κ2) is 4.67. The molecule has 2 rings (SSSR count). The van der Waals surface area contributed by atoms with E-state index in [-0.39, 0.29) is 0 Å². The van der Waals surface area contributed by atoms with Crippen molar-refractivity contribution in [2.45, 2.75) is 18.9 Å². The number of hydrogen-bond donors (Lipinski definition) is 2. The largest absolute Gasteiger partial charge is 0.382 e. The smallest absolute Gasteiger partial charge is 0.0637 e. The first-order valence-corrected chi connectivity index (χ1v) is 5.46. The Labute approximate surface area is 89.7 Å². The molecule has 2 nitrogen and oxygen atoms in total. The van der Waals surface area contributed by atoms with E-state index < -0.39 is 0 Å². The zero-order valence-corrected chi connectivity index (χ0v) is 8.85. The van der Waals surface area contributed by atoms with Crippen molar-refractivity contribution in [2.24, 2.45) is 0 Å². The van der Waals surface area contributed by atoms with Gasteiger partial charge in [-0.1, -0.05) is 23.7 Å². The van der Waals surface area contributed by atoms with Gasteiger partial charge in [-0.25, -0.2) is 0 Å². The van der Waals surface area contributed by atoms with Crippen molar-refractivity contribution < 1.29 is 0 Å². The van der Waals surface area contributed by atoms with Gasteiger partial charge in [-0.3, -0.25) is 0 Å². The van der Waals surface area contributed by atoms with Gasteiger partial charge in [0.05, 0.1) is 10.7 Å². The molecule has 1 heterocycles. The van der Waals surface area contributed by atoms with Crippen LogP contribution < -0.4 is 10.6 Å². The highest BCUT2D eigenvalue weighted by atomic mass is 35.5. The molecular weight excluding hydrogens is 196 g/mol. The van der Waals surface area contributed by atoms with Crippen LogP contribution in [0.2, 0.25) is 5.02 Å². The van der Waals surface area contributed by atoms with E-state index in [9.17, 15) is 0 Å². The summed E-state index contributed by atoms with van der Waals surface area (Å²) < 4.78 is 0. The fraction of sp³-hybridized carbons (Fsp3) is 0.455. The molecule has 0 radical (unpaired) electrons. The van der Waals surface area contributed by atoms with E-state index in [2.05, 4.69) is 10.6 Å². The summed E-state index contributed by atoms with van der Waals surface area (Å²) in [4.78, 5) is 0. The third kappa shape index (κ3) is 2.40. The highest BCUT2D eigenvalue weighted by Crippen LogP contribution is 2.20. The lowest BCUT2D eigenvalue weighted by Crippen LogP contribution is -2.29. The van der Waals surface area contributed by atoms with E-state index in [0.29, 0.717) is 6.04 Å². The number of rotatable bonds is 3. The Hall–Kier alpha value is -0.730. The van der Waals surface area contributed by atoms with Crippen molar-refractivity contribution in [1.29, 1.82) is 0 Å². The van der Waals surface area contributed by atoms with Crippen molar-refractivity contribution in [1.82, 2.24) is 5.32 Å². The molecule has 0 bridgehead atoms. The molecule has 1 aromatic carbocycles. The molecule has 76 valence electrons. The minimum absolute atomic E-state index is 0.603. The first-order chi connectivity index (χ1) is 6.86. The molecule has 3 heteroatoms. The molecule has 14 heavy (non-hydrogen) atoms. The summed E-state index contributed by atoms with van der Waals surface area (Å²) in [6.45, 7) is 2.11. The number of para-hydroxylation sites is 1. The Kier molecular flexibility index (Phi) is 3.27. The second-order valence-corrected chi connectivity index (χ2v) is 4.06. The molecule has 0 aliphatic carbocycles. The van der Waals surface area contributed by atoms with Crippen molar-refractivity contribution in [3.8, 4) is 0 Å². The average molecular weight is 211 g/mol. The minimum Gasteiger partial charge on any atom is -0.382 e. The second-order valence-electron chi connectivity index (χ2n) is 3.65. The van der Waals surface area contributed by atoms with Crippen molar-refractivity contribution in [3.63, 3.8) is 0 Å². The van der Waals surface area contributed by atoms with Gasteiger partial charge in [-0.05, 0) is 31.5 Å². The molecule has 1 saturated heterocycles. The fourth-order valence-corrected chi connectivity index (χ4v) is 1.97. The highest BCUT2D eigenvalue weighted by Gasteiger charge is 2.13. The molecule has 0 saturated carbocycles. The summed E-state index contributed by atoms with van der Waals surface area (Å²) in [6.07, 6.45) is 2.55. The van der Waals surface area contributed by atoms with E-state index in [1.807, 2.05) is 24.3 Å². The molecule has 1 aliphatic heterocycles. The number of nitrogens with one attached hydrogen (secondary N) is 2. The summed E-state index contributed by atoms with van der Waals surface area (Å²) in [6, 6.07) is 8.47.